The number of nitrogens with zero attached hydrogens (tertiary/aromatic N) is 1. The molecule has 3 aromatic rings. The van der Waals surface area contributed by atoms with Crippen molar-refractivity contribution in [1.82, 2.24) is 15.3 Å². The van der Waals surface area contributed by atoms with E-state index in [2.05, 4.69) is 21.7 Å². The average molecular weight is 437 g/mol. The van der Waals surface area contributed by atoms with Gasteiger partial charge in [-0.3, -0.25) is 9.78 Å². The van der Waals surface area contributed by atoms with Gasteiger partial charge in [-0.05, 0) is 35.4 Å². The van der Waals surface area contributed by atoms with E-state index >= 15 is 0 Å². The molecule has 0 radical (unpaired) electrons. The van der Waals surface area contributed by atoms with Gasteiger partial charge in [0.15, 0.2) is 0 Å². The van der Waals surface area contributed by atoms with E-state index in [-0.39, 0.29) is 17.4 Å². The SMILES string of the molecule is COc1cc(CNc2nc([C@@H]3CNC[C@H]3c3cccc(OC)c3)cc(=O)[nH]2)cc(OC)c1. The standard InChI is InChI=1S/C24H28N4O4/c1-30-17-6-4-5-16(9-17)20-13-25-14-21(20)22-11-23(29)28-24(27-22)26-12-15-7-18(31-2)10-19(8-15)32-3/h4-11,20-21,25H,12-14H2,1-3H3,(H2,26,27,28,29)/t20-,21+/m0/s1. The van der Waals surface area contributed by atoms with Gasteiger partial charge in [0.2, 0.25) is 5.95 Å². The van der Waals surface area contributed by atoms with Crippen LogP contribution in [0.5, 0.6) is 17.2 Å². The fourth-order valence-corrected chi connectivity index (χ4v) is 4.12. The summed E-state index contributed by atoms with van der Waals surface area (Å²) in [6.07, 6.45) is 0. The number of methoxy groups -OCH3 is 3. The second-order valence-electron chi connectivity index (χ2n) is 7.74. The summed E-state index contributed by atoms with van der Waals surface area (Å²) in [5.74, 6) is 2.95. The molecule has 0 amide bonds. The maximum absolute atomic E-state index is 12.4. The lowest BCUT2D eigenvalue weighted by Crippen LogP contribution is -2.18. The van der Waals surface area contributed by atoms with Crippen molar-refractivity contribution in [3.8, 4) is 17.2 Å². The summed E-state index contributed by atoms with van der Waals surface area (Å²) in [6.45, 7) is 2.03. The molecule has 0 unspecified atom stereocenters. The van der Waals surface area contributed by atoms with Crippen LogP contribution in [-0.4, -0.2) is 44.4 Å². The summed E-state index contributed by atoms with van der Waals surface area (Å²) >= 11 is 0. The summed E-state index contributed by atoms with van der Waals surface area (Å²) in [7, 11) is 4.89. The number of hydrogen-bond donors (Lipinski definition) is 3. The summed E-state index contributed by atoms with van der Waals surface area (Å²) < 4.78 is 16.0. The Morgan fingerprint density at radius 1 is 0.938 bits per heavy atom. The normalized spacial score (nSPS) is 17.7. The van der Waals surface area contributed by atoms with Gasteiger partial charge in [-0.25, -0.2) is 4.98 Å². The number of aromatic amines is 1. The van der Waals surface area contributed by atoms with Gasteiger partial charge in [-0.1, -0.05) is 12.1 Å². The molecule has 2 aromatic carbocycles. The first kappa shape index (κ1) is 21.7. The Morgan fingerprint density at radius 3 is 2.38 bits per heavy atom. The van der Waals surface area contributed by atoms with Crippen LogP contribution in [-0.2, 0) is 6.54 Å². The molecular formula is C24H28N4O4. The summed E-state index contributed by atoms with van der Waals surface area (Å²) in [4.78, 5) is 19.9. The number of hydrogen-bond acceptors (Lipinski definition) is 7. The minimum absolute atomic E-state index is 0.0851. The molecule has 1 aliphatic rings. The average Bonchev–Trinajstić information content (AvgIpc) is 3.32. The van der Waals surface area contributed by atoms with E-state index in [0.29, 0.717) is 24.0 Å². The third-order valence-electron chi connectivity index (χ3n) is 5.75. The van der Waals surface area contributed by atoms with Crippen molar-refractivity contribution in [3.05, 3.63) is 75.7 Å². The number of benzene rings is 2. The molecule has 0 bridgehead atoms. The van der Waals surface area contributed by atoms with E-state index in [0.717, 1.165) is 30.1 Å². The minimum Gasteiger partial charge on any atom is -0.497 e. The third kappa shape index (κ3) is 4.86. The summed E-state index contributed by atoms with van der Waals surface area (Å²) in [5.41, 5.74) is 2.69. The first-order valence-corrected chi connectivity index (χ1v) is 10.5. The molecule has 4 rings (SSSR count). The Kier molecular flexibility index (Phi) is 6.61. The molecule has 3 N–H and O–H groups in total. The molecule has 32 heavy (non-hydrogen) atoms. The fourth-order valence-electron chi connectivity index (χ4n) is 4.12. The van der Waals surface area contributed by atoms with Crippen LogP contribution in [0.4, 0.5) is 5.95 Å². The molecular weight excluding hydrogens is 408 g/mol. The van der Waals surface area contributed by atoms with Crippen molar-refractivity contribution in [1.29, 1.82) is 0 Å². The Balaban J connectivity index is 1.55. The summed E-state index contributed by atoms with van der Waals surface area (Å²) in [6, 6.07) is 15.3. The van der Waals surface area contributed by atoms with Crippen molar-refractivity contribution >= 4 is 5.95 Å². The van der Waals surface area contributed by atoms with Crippen LogP contribution in [0.3, 0.4) is 0 Å². The maximum atomic E-state index is 12.4. The third-order valence-corrected chi connectivity index (χ3v) is 5.75. The maximum Gasteiger partial charge on any atom is 0.252 e. The zero-order valence-corrected chi connectivity index (χ0v) is 18.5. The number of ether oxygens (including phenoxy) is 3. The first-order chi connectivity index (χ1) is 15.6. The highest BCUT2D eigenvalue weighted by atomic mass is 16.5. The van der Waals surface area contributed by atoms with E-state index in [1.807, 2.05) is 36.4 Å². The van der Waals surface area contributed by atoms with Gasteiger partial charge in [0, 0.05) is 43.6 Å². The van der Waals surface area contributed by atoms with Crippen LogP contribution >= 0.6 is 0 Å². The molecule has 1 aromatic heterocycles. The highest BCUT2D eigenvalue weighted by Gasteiger charge is 2.31. The van der Waals surface area contributed by atoms with Crippen LogP contribution in [0.25, 0.3) is 0 Å². The number of nitrogens with one attached hydrogen (secondary N) is 3. The van der Waals surface area contributed by atoms with Gasteiger partial charge < -0.3 is 24.8 Å². The Hall–Kier alpha value is -3.52. The van der Waals surface area contributed by atoms with Gasteiger partial charge in [0.05, 0.1) is 27.0 Å². The summed E-state index contributed by atoms with van der Waals surface area (Å²) in [5, 5.41) is 6.66. The second kappa shape index (κ2) is 9.74. The van der Waals surface area contributed by atoms with Crippen molar-refractivity contribution in [3.63, 3.8) is 0 Å². The Labute approximate surface area is 187 Å². The predicted octanol–water partition coefficient (Wildman–Crippen LogP) is 2.88. The topological polar surface area (TPSA) is 97.5 Å². The lowest BCUT2D eigenvalue weighted by atomic mass is 9.86. The largest absolute Gasteiger partial charge is 0.497 e. The van der Waals surface area contributed by atoms with E-state index < -0.39 is 0 Å². The molecule has 1 aliphatic heterocycles. The zero-order chi connectivity index (χ0) is 22.5. The zero-order valence-electron chi connectivity index (χ0n) is 18.5. The molecule has 2 atom stereocenters. The van der Waals surface area contributed by atoms with Gasteiger partial charge in [-0.15, -0.1) is 0 Å². The number of rotatable bonds is 8. The van der Waals surface area contributed by atoms with Crippen molar-refractivity contribution in [2.45, 2.75) is 18.4 Å². The molecule has 8 heteroatoms. The van der Waals surface area contributed by atoms with Crippen LogP contribution < -0.4 is 30.4 Å². The minimum atomic E-state index is -0.183. The molecule has 2 heterocycles. The van der Waals surface area contributed by atoms with Gasteiger partial charge in [0.1, 0.15) is 17.2 Å². The number of anilines is 1. The lowest BCUT2D eigenvalue weighted by Gasteiger charge is -2.19. The number of H-pyrrole nitrogens is 1. The quantitative estimate of drug-likeness (QED) is 0.500. The number of aromatic nitrogens is 2. The van der Waals surface area contributed by atoms with Gasteiger partial charge >= 0.3 is 0 Å². The van der Waals surface area contributed by atoms with Crippen LogP contribution in [0.2, 0.25) is 0 Å². The lowest BCUT2D eigenvalue weighted by molar-refractivity contribution is 0.393. The van der Waals surface area contributed by atoms with Crippen molar-refractivity contribution < 1.29 is 14.2 Å². The van der Waals surface area contributed by atoms with Crippen LogP contribution in [0.1, 0.15) is 28.7 Å². The highest BCUT2D eigenvalue weighted by molar-refractivity contribution is 5.41. The molecule has 0 aliphatic carbocycles. The van der Waals surface area contributed by atoms with Gasteiger partial charge in [0.25, 0.3) is 5.56 Å². The van der Waals surface area contributed by atoms with Crippen molar-refractivity contribution in [2.24, 2.45) is 0 Å². The molecule has 0 spiro atoms. The monoisotopic (exact) mass is 436 g/mol. The van der Waals surface area contributed by atoms with E-state index in [9.17, 15) is 4.79 Å². The molecule has 168 valence electrons. The van der Waals surface area contributed by atoms with Gasteiger partial charge in [-0.2, -0.15) is 0 Å². The van der Waals surface area contributed by atoms with Crippen LogP contribution in [0, 0.1) is 0 Å². The van der Waals surface area contributed by atoms with E-state index in [1.54, 1.807) is 27.4 Å². The van der Waals surface area contributed by atoms with Crippen LogP contribution in [0.15, 0.2) is 53.3 Å². The predicted molar refractivity (Wildman–Crippen MR) is 123 cm³/mol. The molecule has 1 saturated heterocycles. The Morgan fingerprint density at radius 2 is 1.66 bits per heavy atom. The van der Waals surface area contributed by atoms with Crippen molar-refractivity contribution in [2.75, 3.05) is 39.7 Å². The highest BCUT2D eigenvalue weighted by Crippen LogP contribution is 2.36. The molecule has 0 saturated carbocycles. The smallest absolute Gasteiger partial charge is 0.252 e. The fraction of sp³-hybridized carbons (Fsp3) is 0.333. The molecule has 1 fully saturated rings. The molecule has 8 nitrogen and oxygen atoms in total. The van der Waals surface area contributed by atoms with E-state index in [1.165, 1.54) is 5.56 Å². The second-order valence-corrected chi connectivity index (χ2v) is 7.74. The van der Waals surface area contributed by atoms with E-state index in [4.69, 9.17) is 19.2 Å². The first-order valence-electron chi connectivity index (χ1n) is 10.5. The Bertz CT molecular complexity index is 1110.